The van der Waals surface area contributed by atoms with Crippen molar-refractivity contribution in [3.63, 3.8) is 0 Å². The summed E-state index contributed by atoms with van der Waals surface area (Å²) in [4.78, 5) is 28.2. The molecule has 0 saturated carbocycles. The Bertz CT molecular complexity index is 1420. The number of halogens is 2. The zero-order valence-corrected chi connectivity index (χ0v) is 25.1. The second-order valence-corrected chi connectivity index (χ2v) is 11.8. The zero-order valence-electron chi connectivity index (χ0n) is 23.5. The average molecular weight is 604 g/mol. The lowest BCUT2D eigenvalue weighted by Gasteiger charge is -2.32. The van der Waals surface area contributed by atoms with Crippen LogP contribution in [0, 0.1) is 5.82 Å². The van der Waals surface area contributed by atoms with Crippen molar-refractivity contribution in [2.75, 3.05) is 17.5 Å². The van der Waals surface area contributed by atoms with Gasteiger partial charge in [0.05, 0.1) is 17.2 Å². The number of nitrogens with one attached hydrogen (secondary N) is 1. The first-order valence-electron chi connectivity index (χ1n) is 13.3. The molecule has 2 amide bonds. The molecule has 3 aromatic carbocycles. The van der Waals surface area contributed by atoms with Gasteiger partial charge in [-0.25, -0.2) is 12.8 Å². The Morgan fingerprint density at radius 1 is 0.951 bits per heavy atom. The highest BCUT2D eigenvalue weighted by atomic mass is 35.5. The number of anilines is 1. The van der Waals surface area contributed by atoms with Gasteiger partial charge in [0.1, 0.15) is 24.2 Å². The van der Waals surface area contributed by atoms with Gasteiger partial charge in [0.2, 0.25) is 11.8 Å². The van der Waals surface area contributed by atoms with E-state index in [9.17, 15) is 22.4 Å². The third kappa shape index (κ3) is 8.43. The summed E-state index contributed by atoms with van der Waals surface area (Å²) in [6.45, 7) is 7.07. The van der Waals surface area contributed by atoms with Gasteiger partial charge in [0.15, 0.2) is 0 Å². The van der Waals surface area contributed by atoms with E-state index in [0.717, 1.165) is 28.6 Å². The Labute approximate surface area is 246 Å². The summed E-state index contributed by atoms with van der Waals surface area (Å²) in [5.41, 5.74) is 0.911. The molecule has 2 atom stereocenters. The number of hydrogen-bond donors (Lipinski definition) is 1. The van der Waals surface area contributed by atoms with Gasteiger partial charge < -0.3 is 15.0 Å². The summed E-state index contributed by atoms with van der Waals surface area (Å²) in [6, 6.07) is 16.4. The van der Waals surface area contributed by atoms with Crippen LogP contribution in [0.5, 0.6) is 5.75 Å². The first-order valence-corrected chi connectivity index (χ1v) is 15.1. The van der Waals surface area contributed by atoms with Crippen LogP contribution in [0.15, 0.2) is 77.7 Å². The quantitative estimate of drug-likeness (QED) is 0.282. The zero-order chi connectivity index (χ0) is 30.2. The van der Waals surface area contributed by atoms with E-state index in [0.29, 0.717) is 29.4 Å². The van der Waals surface area contributed by atoms with E-state index in [1.165, 1.54) is 17.0 Å². The molecule has 0 bridgehead atoms. The number of amides is 2. The standard InChI is InChI=1S/C30H35ClFN3O5S/c1-5-21(3)33-30(37)22(4)34(19-23-7-9-24(31)10-8-23)29(36)20-35(26-13-15-27(16-14-26)40-6-2)41(38,39)28-17-11-25(32)12-18-28/h7-18,21-22H,5-6,19-20H2,1-4H3,(H,33,37)/t21-,22-/m0/s1. The normalized spacial score (nSPS) is 12.7. The van der Waals surface area contributed by atoms with Crippen molar-refractivity contribution < 1.29 is 27.1 Å². The summed E-state index contributed by atoms with van der Waals surface area (Å²) in [5, 5.41) is 3.40. The van der Waals surface area contributed by atoms with Crippen LogP contribution in [0.4, 0.5) is 10.1 Å². The van der Waals surface area contributed by atoms with Gasteiger partial charge in [0.25, 0.3) is 10.0 Å². The molecule has 0 aliphatic heterocycles. The topological polar surface area (TPSA) is 96.0 Å². The lowest BCUT2D eigenvalue weighted by Crippen LogP contribution is -2.52. The molecule has 0 heterocycles. The molecule has 0 aliphatic carbocycles. The third-order valence-electron chi connectivity index (χ3n) is 6.55. The maximum Gasteiger partial charge on any atom is 0.264 e. The maximum atomic E-state index is 13.9. The average Bonchev–Trinajstić information content (AvgIpc) is 2.95. The summed E-state index contributed by atoms with van der Waals surface area (Å²) in [6.07, 6.45) is 0.699. The van der Waals surface area contributed by atoms with Gasteiger partial charge in [-0.05, 0) is 93.4 Å². The van der Waals surface area contributed by atoms with Gasteiger partial charge in [-0.1, -0.05) is 30.7 Å². The van der Waals surface area contributed by atoms with Gasteiger partial charge >= 0.3 is 0 Å². The molecule has 0 saturated heterocycles. The van der Waals surface area contributed by atoms with Crippen LogP contribution >= 0.6 is 11.6 Å². The molecule has 3 rings (SSSR count). The van der Waals surface area contributed by atoms with Crippen molar-refractivity contribution in [1.82, 2.24) is 10.2 Å². The number of benzene rings is 3. The Morgan fingerprint density at radius 2 is 1.56 bits per heavy atom. The second-order valence-electron chi connectivity index (χ2n) is 9.53. The van der Waals surface area contributed by atoms with Crippen LogP contribution in [0.1, 0.15) is 39.7 Å². The van der Waals surface area contributed by atoms with E-state index in [-0.39, 0.29) is 29.1 Å². The van der Waals surface area contributed by atoms with E-state index in [4.69, 9.17) is 16.3 Å². The lowest BCUT2D eigenvalue weighted by atomic mass is 10.1. The van der Waals surface area contributed by atoms with Crippen LogP contribution in [0.25, 0.3) is 0 Å². The Morgan fingerprint density at radius 3 is 2.12 bits per heavy atom. The van der Waals surface area contributed by atoms with Crippen LogP contribution < -0.4 is 14.4 Å². The molecule has 3 aromatic rings. The van der Waals surface area contributed by atoms with Gasteiger partial charge in [-0.3, -0.25) is 13.9 Å². The molecule has 11 heteroatoms. The summed E-state index contributed by atoms with van der Waals surface area (Å²) < 4.78 is 47.7. The minimum atomic E-state index is -4.31. The molecule has 0 aromatic heterocycles. The first kappa shape index (κ1) is 31.9. The summed E-state index contributed by atoms with van der Waals surface area (Å²) in [7, 11) is -4.31. The second kappa shape index (κ2) is 14.3. The number of ether oxygens (including phenoxy) is 1. The van der Waals surface area contributed by atoms with Crippen LogP contribution in [-0.4, -0.2) is 50.4 Å². The highest BCUT2D eigenvalue weighted by Gasteiger charge is 2.33. The van der Waals surface area contributed by atoms with Crippen LogP contribution in [-0.2, 0) is 26.2 Å². The first-order chi connectivity index (χ1) is 19.5. The minimum absolute atomic E-state index is 0.0405. The molecule has 0 spiro atoms. The number of hydrogen-bond acceptors (Lipinski definition) is 5. The molecule has 0 radical (unpaired) electrons. The molecular weight excluding hydrogens is 569 g/mol. The van der Waals surface area contributed by atoms with Crippen molar-refractivity contribution in [2.45, 2.75) is 57.6 Å². The van der Waals surface area contributed by atoms with E-state index in [2.05, 4.69) is 5.32 Å². The predicted molar refractivity (Wildman–Crippen MR) is 158 cm³/mol. The van der Waals surface area contributed by atoms with Crippen molar-refractivity contribution in [3.8, 4) is 5.75 Å². The summed E-state index contributed by atoms with van der Waals surface area (Å²) in [5.74, 6) is -1.04. The van der Waals surface area contributed by atoms with Crippen molar-refractivity contribution in [3.05, 3.63) is 89.2 Å². The SMILES string of the molecule is CCOc1ccc(N(CC(=O)N(Cc2ccc(Cl)cc2)[C@@H](C)C(=O)N[C@@H](C)CC)S(=O)(=O)c2ccc(F)cc2)cc1. The van der Waals surface area contributed by atoms with Gasteiger partial charge in [-0.2, -0.15) is 0 Å². The fraction of sp³-hybridized carbons (Fsp3) is 0.333. The Kier molecular flexibility index (Phi) is 11.1. The molecule has 0 fully saturated rings. The lowest BCUT2D eigenvalue weighted by molar-refractivity contribution is -0.139. The number of carbonyl (C=O) groups excluding carboxylic acids is 2. The van der Waals surface area contributed by atoms with Crippen LogP contribution in [0.3, 0.4) is 0 Å². The fourth-order valence-electron chi connectivity index (χ4n) is 3.97. The number of sulfonamides is 1. The van der Waals surface area contributed by atoms with E-state index in [1.807, 2.05) is 20.8 Å². The number of rotatable bonds is 13. The smallest absolute Gasteiger partial charge is 0.264 e. The molecule has 220 valence electrons. The van der Waals surface area contributed by atoms with Crippen molar-refractivity contribution in [1.29, 1.82) is 0 Å². The molecule has 0 unspecified atom stereocenters. The van der Waals surface area contributed by atoms with E-state index < -0.39 is 34.3 Å². The monoisotopic (exact) mass is 603 g/mol. The Hall–Kier alpha value is -3.63. The molecule has 1 N–H and O–H groups in total. The summed E-state index contributed by atoms with van der Waals surface area (Å²) >= 11 is 6.03. The van der Waals surface area contributed by atoms with E-state index >= 15 is 0 Å². The highest BCUT2D eigenvalue weighted by molar-refractivity contribution is 7.92. The minimum Gasteiger partial charge on any atom is -0.494 e. The van der Waals surface area contributed by atoms with Crippen LogP contribution in [0.2, 0.25) is 5.02 Å². The third-order valence-corrected chi connectivity index (χ3v) is 8.59. The van der Waals surface area contributed by atoms with Crippen molar-refractivity contribution >= 4 is 39.1 Å². The predicted octanol–water partition coefficient (Wildman–Crippen LogP) is 5.41. The highest BCUT2D eigenvalue weighted by Crippen LogP contribution is 2.27. The molecule has 41 heavy (non-hydrogen) atoms. The van der Waals surface area contributed by atoms with Gasteiger partial charge in [0, 0.05) is 17.6 Å². The van der Waals surface area contributed by atoms with E-state index in [1.54, 1.807) is 43.3 Å². The fourth-order valence-corrected chi connectivity index (χ4v) is 5.51. The molecule has 0 aliphatic rings. The molecular formula is C30H35ClFN3O5S. The number of nitrogens with zero attached hydrogens (tertiary/aromatic N) is 2. The molecule has 8 nitrogen and oxygen atoms in total. The maximum absolute atomic E-state index is 13.9. The Balaban J connectivity index is 2.02. The van der Waals surface area contributed by atoms with Gasteiger partial charge in [-0.15, -0.1) is 0 Å². The largest absolute Gasteiger partial charge is 0.494 e. The van der Waals surface area contributed by atoms with Crippen molar-refractivity contribution in [2.24, 2.45) is 0 Å². The number of carbonyl (C=O) groups is 2.